The largest absolute Gasteiger partial charge is 0.481 e. The number of unbranched alkanes of at least 4 members (excludes halogenated alkanes) is 14. The molecule has 0 saturated heterocycles. The Kier molecular flexibility index (Phi) is 23.4. The Morgan fingerprint density at radius 1 is 0.633 bits per heavy atom. The fraction of sp³-hybridized carbons (Fsp3) is 0.821. The molecule has 0 aliphatic rings. The summed E-state index contributed by atoms with van der Waals surface area (Å²) in [6.07, 6.45) is 34.1. The number of hydrogen-bond donors (Lipinski definition) is 1. The van der Waals surface area contributed by atoms with E-state index in [1.165, 1.54) is 96.3 Å². The third-order valence-corrected chi connectivity index (χ3v) is 6.11. The fourth-order valence-corrected chi connectivity index (χ4v) is 3.76. The Morgan fingerprint density at radius 2 is 1.03 bits per heavy atom. The second-order valence-electron chi connectivity index (χ2n) is 9.14. The monoisotopic (exact) mass is 420 g/mol. The second-order valence-corrected chi connectivity index (χ2v) is 9.14. The first kappa shape index (κ1) is 28.9. The van der Waals surface area contributed by atoms with E-state index in [9.17, 15) is 4.79 Å². The van der Waals surface area contributed by atoms with Crippen LogP contribution in [0, 0.1) is 5.92 Å². The average Bonchev–Trinajstić information content (AvgIpc) is 2.73. The summed E-state index contributed by atoms with van der Waals surface area (Å²) in [6, 6.07) is 0. The van der Waals surface area contributed by atoms with Gasteiger partial charge in [-0.2, -0.15) is 0 Å². The van der Waals surface area contributed by atoms with Crippen molar-refractivity contribution in [2.45, 2.75) is 142 Å². The molecule has 0 aromatic rings. The lowest BCUT2D eigenvalue weighted by Crippen LogP contribution is -1.92. The Bertz CT molecular complexity index is 411. The number of carboxylic acid groups (broad SMARTS) is 1. The van der Waals surface area contributed by atoms with Crippen LogP contribution >= 0.6 is 0 Å². The van der Waals surface area contributed by atoms with Crippen molar-refractivity contribution in [1.82, 2.24) is 0 Å². The predicted molar refractivity (Wildman–Crippen MR) is 133 cm³/mol. The normalized spacial score (nSPS) is 12.9. The van der Waals surface area contributed by atoms with E-state index in [0.29, 0.717) is 0 Å². The van der Waals surface area contributed by atoms with E-state index in [0.717, 1.165) is 31.6 Å². The quantitative estimate of drug-likeness (QED) is 0.132. The lowest BCUT2D eigenvalue weighted by atomic mass is 9.99. The number of allylic oxidation sites excluding steroid dienone is 4. The van der Waals surface area contributed by atoms with Crippen molar-refractivity contribution >= 4 is 5.97 Å². The minimum absolute atomic E-state index is 0.281. The molecule has 0 bridgehead atoms. The Hall–Kier alpha value is -1.05. The van der Waals surface area contributed by atoms with E-state index in [1.807, 2.05) is 0 Å². The number of aliphatic carboxylic acids is 1. The summed E-state index contributed by atoms with van der Waals surface area (Å²) in [5, 5.41) is 8.56. The van der Waals surface area contributed by atoms with Gasteiger partial charge < -0.3 is 5.11 Å². The molecule has 1 N–H and O–H groups in total. The van der Waals surface area contributed by atoms with Crippen LogP contribution in [0.4, 0.5) is 0 Å². The van der Waals surface area contributed by atoms with Gasteiger partial charge in [0, 0.05) is 6.42 Å². The Morgan fingerprint density at radius 3 is 1.50 bits per heavy atom. The van der Waals surface area contributed by atoms with E-state index in [-0.39, 0.29) is 6.42 Å². The summed E-state index contributed by atoms with van der Waals surface area (Å²) in [7, 11) is 0. The molecular weight excluding hydrogens is 368 g/mol. The van der Waals surface area contributed by atoms with Gasteiger partial charge in [0.2, 0.25) is 0 Å². The van der Waals surface area contributed by atoms with E-state index in [4.69, 9.17) is 5.11 Å². The van der Waals surface area contributed by atoms with E-state index in [1.54, 1.807) is 0 Å². The minimum Gasteiger partial charge on any atom is -0.481 e. The molecule has 0 aromatic carbocycles. The molecule has 2 heteroatoms. The Balaban J connectivity index is 3.16. The highest BCUT2D eigenvalue weighted by atomic mass is 16.4. The van der Waals surface area contributed by atoms with Gasteiger partial charge in [0.15, 0.2) is 0 Å². The number of rotatable bonds is 23. The van der Waals surface area contributed by atoms with Crippen LogP contribution in [0.25, 0.3) is 0 Å². The number of hydrogen-bond acceptors (Lipinski definition) is 1. The summed E-state index contributed by atoms with van der Waals surface area (Å²) in [6.45, 7) is 4.69. The molecule has 0 amide bonds. The topological polar surface area (TPSA) is 37.3 Å². The van der Waals surface area contributed by atoms with Crippen molar-refractivity contribution in [3.63, 3.8) is 0 Å². The summed E-state index contributed by atoms with van der Waals surface area (Å²) >= 11 is 0. The van der Waals surface area contributed by atoms with Crippen LogP contribution in [0.5, 0.6) is 0 Å². The van der Waals surface area contributed by atoms with Crippen LogP contribution in [0.3, 0.4) is 0 Å². The molecule has 0 rings (SSSR count). The van der Waals surface area contributed by atoms with Crippen LogP contribution in [0.15, 0.2) is 24.3 Å². The van der Waals surface area contributed by atoms with Crippen molar-refractivity contribution in [2.24, 2.45) is 5.92 Å². The number of carboxylic acids is 1. The molecule has 0 fully saturated rings. The molecular formula is C28H52O2. The zero-order valence-electron chi connectivity index (χ0n) is 20.4. The van der Waals surface area contributed by atoms with Crippen molar-refractivity contribution < 1.29 is 9.90 Å². The molecule has 2 nitrogen and oxygen atoms in total. The molecule has 0 radical (unpaired) electrons. The van der Waals surface area contributed by atoms with Crippen molar-refractivity contribution in [3.05, 3.63) is 24.3 Å². The van der Waals surface area contributed by atoms with Gasteiger partial charge in [-0.25, -0.2) is 0 Å². The van der Waals surface area contributed by atoms with Crippen LogP contribution in [-0.4, -0.2) is 11.1 Å². The van der Waals surface area contributed by atoms with Crippen molar-refractivity contribution in [1.29, 1.82) is 0 Å². The van der Waals surface area contributed by atoms with Crippen LogP contribution in [-0.2, 0) is 4.79 Å². The second kappa shape index (κ2) is 24.2. The lowest BCUT2D eigenvalue weighted by molar-refractivity contribution is -0.137. The van der Waals surface area contributed by atoms with Gasteiger partial charge in [-0.1, -0.05) is 122 Å². The maximum absolute atomic E-state index is 10.4. The predicted octanol–water partition coefficient (Wildman–Crippen LogP) is 9.64. The highest BCUT2D eigenvalue weighted by Gasteiger charge is 1.98. The molecule has 1 atom stereocenters. The minimum atomic E-state index is -0.695. The maximum Gasteiger partial charge on any atom is 0.303 e. The summed E-state index contributed by atoms with van der Waals surface area (Å²) in [5.74, 6) is 0.234. The first-order chi connectivity index (χ1) is 14.7. The van der Waals surface area contributed by atoms with Gasteiger partial charge in [-0.05, 0) is 44.4 Å². The van der Waals surface area contributed by atoms with E-state index in [2.05, 4.69) is 38.2 Å². The van der Waals surface area contributed by atoms with Gasteiger partial charge in [0.25, 0.3) is 0 Å². The summed E-state index contributed by atoms with van der Waals surface area (Å²) in [4.78, 5) is 10.4. The third kappa shape index (κ3) is 25.0. The molecule has 0 spiro atoms. The highest BCUT2D eigenvalue weighted by molar-refractivity contribution is 5.66. The maximum atomic E-state index is 10.4. The summed E-state index contributed by atoms with van der Waals surface area (Å²) in [5.41, 5.74) is 0. The smallest absolute Gasteiger partial charge is 0.303 e. The van der Waals surface area contributed by atoms with Crippen LogP contribution in [0.2, 0.25) is 0 Å². The summed E-state index contributed by atoms with van der Waals surface area (Å²) < 4.78 is 0. The van der Waals surface area contributed by atoms with E-state index >= 15 is 0 Å². The molecule has 0 heterocycles. The molecule has 0 saturated carbocycles. The van der Waals surface area contributed by atoms with Gasteiger partial charge in [-0.3, -0.25) is 4.79 Å². The third-order valence-electron chi connectivity index (χ3n) is 6.11. The molecule has 0 aliphatic heterocycles. The number of carbonyl (C=O) groups is 1. The van der Waals surface area contributed by atoms with Crippen molar-refractivity contribution in [3.8, 4) is 0 Å². The van der Waals surface area contributed by atoms with Crippen molar-refractivity contribution in [2.75, 3.05) is 0 Å². The molecule has 30 heavy (non-hydrogen) atoms. The van der Waals surface area contributed by atoms with Gasteiger partial charge in [0.1, 0.15) is 0 Å². The van der Waals surface area contributed by atoms with Crippen LogP contribution < -0.4 is 0 Å². The molecule has 1 unspecified atom stereocenters. The lowest BCUT2D eigenvalue weighted by Gasteiger charge is -2.07. The average molecular weight is 421 g/mol. The first-order valence-corrected chi connectivity index (χ1v) is 13.2. The molecule has 0 aromatic heterocycles. The first-order valence-electron chi connectivity index (χ1n) is 13.2. The van der Waals surface area contributed by atoms with Gasteiger partial charge in [-0.15, -0.1) is 0 Å². The van der Waals surface area contributed by atoms with Gasteiger partial charge in [0.05, 0.1) is 0 Å². The zero-order chi connectivity index (χ0) is 22.1. The zero-order valence-corrected chi connectivity index (χ0v) is 20.4. The molecule has 0 aliphatic carbocycles. The SMILES string of the molecule is CCC(C)CCCCCCCCCCCCCCC=CCCC=CCCCC(=O)O. The highest BCUT2D eigenvalue weighted by Crippen LogP contribution is 2.15. The molecule has 176 valence electrons. The van der Waals surface area contributed by atoms with Crippen LogP contribution in [0.1, 0.15) is 142 Å². The Labute approximate surface area is 188 Å². The van der Waals surface area contributed by atoms with Gasteiger partial charge >= 0.3 is 5.97 Å². The fourth-order valence-electron chi connectivity index (χ4n) is 3.76. The van der Waals surface area contributed by atoms with E-state index < -0.39 is 5.97 Å². The standard InChI is InChI=1S/C28H52O2/c1-3-27(2)25-23-21-19-17-15-13-11-9-7-5-4-6-8-10-12-14-16-18-20-22-24-26-28(29)30/h10,12,18,20,27H,3-9,11,13-17,19,21-26H2,1-2H3,(H,29,30).